The summed E-state index contributed by atoms with van der Waals surface area (Å²) in [6, 6.07) is -0.238. The van der Waals surface area contributed by atoms with E-state index in [2.05, 4.69) is 5.32 Å². The van der Waals surface area contributed by atoms with E-state index in [9.17, 15) is 19.5 Å². The highest BCUT2D eigenvalue weighted by Crippen LogP contribution is 2.38. The zero-order valence-electron chi connectivity index (χ0n) is 12.7. The van der Waals surface area contributed by atoms with Crippen LogP contribution >= 0.6 is 0 Å². The smallest absolute Gasteiger partial charge is 0.317 e. The molecule has 1 aliphatic heterocycles. The van der Waals surface area contributed by atoms with Crippen LogP contribution < -0.4 is 11.1 Å². The van der Waals surface area contributed by atoms with Crippen molar-refractivity contribution in [3.63, 3.8) is 0 Å². The van der Waals surface area contributed by atoms with E-state index in [1.54, 1.807) is 4.90 Å². The molecule has 4 N–H and O–H groups in total. The number of primary amides is 1. The van der Waals surface area contributed by atoms with Crippen molar-refractivity contribution in [3.05, 3.63) is 0 Å². The molecule has 0 aromatic rings. The quantitative estimate of drug-likeness (QED) is 0.603. The SMILES string of the molecule is CC(C)C1(C(=O)O)CCN(C(=O)NCCCCC(N)=O)C1. The first-order valence-corrected chi connectivity index (χ1v) is 7.34. The molecule has 3 amide bonds. The highest BCUT2D eigenvalue weighted by atomic mass is 16.4. The zero-order chi connectivity index (χ0) is 16.0. The van der Waals surface area contributed by atoms with Gasteiger partial charge in [-0.05, 0) is 25.2 Å². The highest BCUT2D eigenvalue weighted by Gasteiger charge is 2.48. The summed E-state index contributed by atoms with van der Waals surface area (Å²) in [5.74, 6) is -1.21. The van der Waals surface area contributed by atoms with Gasteiger partial charge >= 0.3 is 12.0 Å². The molecule has 7 nitrogen and oxygen atoms in total. The van der Waals surface area contributed by atoms with Gasteiger partial charge in [-0.25, -0.2) is 4.79 Å². The third-order valence-electron chi connectivity index (χ3n) is 4.25. The summed E-state index contributed by atoms with van der Waals surface area (Å²) in [6.45, 7) is 4.91. The number of unbranched alkanes of at least 4 members (excludes halogenated alkanes) is 1. The normalized spacial score (nSPS) is 21.6. The first-order chi connectivity index (χ1) is 9.79. The second-order valence-electron chi connectivity index (χ2n) is 5.94. The van der Waals surface area contributed by atoms with Crippen LogP contribution in [0.25, 0.3) is 0 Å². The summed E-state index contributed by atoms with van der Waals surface area (Å²) in [6.07, 6.45) is 2.11. The third-order valence-corrected chi connectivity index (χ3v) is 4.25. The van der Waals surface area contributed by atoms with E-state index in [-0.39, 0.29) is 24.4 Å². The van der Waals surface area contributed by atoms with Gasteiger partial charge in [0.25, 0.3) is 0 Å². The van der Waals surface area contributed by atoms with Crippen LogP contribution in [0.3, 0.4) is 0 Å². The summed E-state index contributed by atoms with van der Waals surface area (Å²) in [5, 5.41) is 12.2. The van der Waals surface area contributed by atoms with Crippen LogP contribution in [-0.4, -0.2) is 47.5 Å². The van der Waals surface area contributed by atoms with E-state index >= 15 is 0 Å². The summed E-state index contributed by atoms with van der Waals surface area (Å²) in [5.41, 5.74) is 4.19. The number of carboxylic acid groups (broad SMARTS) is 1. The van der Waals surface area contributed by atoms with Gasteiger partial charge in [-0.15, -0.1) is 0 Å². The van der Waals surface area contributed by atoms with Gasteiger partial charge < -0.3 is 21.1 Å². The average Bonchev–Trinajstić information content (AvgIpc) is 2.84. The number of carboxylic acids is 1. The van der Waals surface area contributed by atoms with E-state index in [4.69, 9.17) is 5.73 Å². The molecule has 0 bridgehead atoms. The first kappa shape index (κ1) is 17.3. The molecule has 1 unspecified atom stereocenters. The average molecular weight is 299 g/mol. The maximum absolute atomic E-state index is 12.0. The lowest BCUT2D eigenvalue weighted by Gasteiger charge is -2.28. The van der Waals surface area contributed by atoms with Crippen molar-refractivity contribution < 1.29 is 19.5 Å². The summed E-state index contributed by atoms with van der Waals surface area (Å²) < 4.78 is 0. The monoisotopic (exact) mass is 299 g/mol. The predicted molar refractivity (Wildman–Crippen MR) is 77.5 cm³/mol. The van der Waals surface area contributed by atoms with Crippen LogP contribution in [0.2, 0.25) is 0 Å². The van der Waals surface area contributed by atoms with E-state index in [0.29, 0.717) is 38.8 Å². The topological polar surface area (TPSA) is 113 Å². The lowest BCUT2D eigenvalue weighted by Crippen LogP contribution is -2.44. The fraction of sp³-hybridized carbons (Fsp3) is 0.786. The van der Waals surface area contributed by atoms with Crippen molar-refractivity contribution in [2.45, 2.75) is 39.5 Å². The van der Waals surface area contributed by atoms with Gasteiger partial charge in [0, 0.05) is 26.1 Å². The van der Waals surface area contributed by atoms with Crippen LogP contribution in [0.4, 0.5) is 4.79 Å². The number of nitrogens with zero attached hydrogens (tertiary/aromatic N) is 1. The van der Waals surface area contributed by atoms with Gasteiger partial charge in [-0.3, -0.25) is 9.59 Å². The molecular formula is C14H25N3O4. The van der Waals surface area contributed by atoms with Crippen LogP contribution in [0, 0.1) is 11.3 Å². The molecule has 21 heavy (non-hydrogen) atoms. The second-order valence-corrected chi connectivity index (χ2v) is 5.94. The number of urea groups is 1. The molecule has 0 saturated carbocycles. The Bertz CT molecular complexity index is 411. The lowest BCUT2D eigenvalue weighted by molar-refractivity contribution is -0.150. The first-order valence-electron chi connectivity index (χ1n) is 7.34. The second kappa shape index (κ2) is 7.28. The summed E-state index contributed by atoms with van der Waals surface area (Å²) >= 11 is 0. The van der Waals surface area contributed by atoms with Crippen molar-refractivity contribution >= 4 is 17.9 Å². The van der Waals surface area contributed by atoms with Gasteiger partial charge in [0.15, 0.2) is 0 Å². The molecule has 0 aromatic heterocycles. The predicted octanol–water partition coefficient (Wildman–Crippen LogP) is 0.784. The third kappa shape index (κ3) is 4.34. The molecule has 0 spiro atoms. The molecule has 1 saturated heterocycles. The summed E-state index contributed by atoms with van der Waals surface area (Å²) in [4.78, 5) is 35.6. The number of hydrogen-bond acceptors (Lipinski definition) is 3. The Labute approximate surface area is 124 Å². The number of amides is 3. The maximum atomic E-state index is 12.0. The number of nitrogens with one attached hydrogen (secondary N) is 1. The van der Waals surface area contributed by atoms with Crippen LogP contribution in [0.1, 0.15) is 39.5 Å². The molecule has 7 heteroatoms. The number of hydrogen-bond donors (Lipinski definition) is 3. The van der Waals surface area contributed by atoms with Gasteiger partial charge in [0.2, 0.25) is 5.91 Å². The van der Waals surface area contributed by atoms with Crippen LogP contribution in [0.15, 0.2) is 0 Å². The Kier molecular flexibility index (Phi) is 5.99. The van der Waals surface area contributed by atoms with E-state index in [1.807, 2.05) is 13.8 Å². The summed E-state index contributed by atoms with van der Waals surface area (Å²) in [7, 11) is 0. The van der Waals surface area contributed by atoms with E-state index in [1.165, 1.54) is 0 Å². The van der Waals surface area contributed by atoms with Gasteiger partial charge in [0.05, 0.1) is 5.41 Å². The Balaban J connectivity index is 2.40. The Morgan fingerprint density at radius 1 is 1.33 bits per heavy atom. The van der Waals surface area contributed by atoms with Crippen LogP contribution in [-0.2, 0) is 9.59 Å². The maximum Gasteiger partial charge on any atom is 0.317 e. The molecule has 0 radical (unpaired) electrons. The van der Waals surface area contributed by atoms with Crippen LogP contribution in [0.5, 0.6) is 0 Å². The molecule has 1 atom stereocenters. The minimum atomic E-state index is -0.844. The Hall–Kier alpha value is -1.79. The minimum absolute atomic E-state index is 0.0247. The molecule has 1 fully saturated rings. The van der Waals surface area contributed by atoms with Crippen molar-refractivity contribution in [1.29, 1.82) is 0 Å². The molecule has 1 heterocycles. The number of rotatable bonds is 7. The number of carbonyl (C=O) groups excluding carboxylic acids is 2. The van der Waals surface area contributed by atoms with Crippen molar-refractivity contribution in [2.75, 3.05) is 19.6 Å². The fourth-order valence-corrected chi connectivity index (χ4v) is 2.63. The number of aliphatic carboxylic acids is 1. The number of likely N-dealkylation sites (tertiary alicyclic amines) is 1. The van der Waals surface area contributed by atoms with Gasteiger partial charge in [0.1, 0.15) is 0 Å². The van der Waals surface area contributed by atoms with E-state index < -0.39 is 11.4 Å². The largest absolute Gasteiger partial charge is 0.481 e. The number of nitrogens with two attached hydrogens (primary N) is 1. The molecular weight excluding hydrogens is 274 g/mol. The fourth-order valence-electron chi connectivity index (χ4n) is 2.63. The molecule has 0 aromatic carbocycles. The van der Waals surface area contributed by atoms with Crippen molar-refractivity contribution in [2.24, 2.45) is 17.1 Å². The zero-order valence-corrected chi connectivity index (χ0v) is 12.7. The Morgan fingerprint density at radius 2 is 2.00 bits per heavy atom. The standard InChI is InChI=1S/C14H25N3O4/c1-10(2)14(12(19)20)6-8-17(9-14)13(21)16-7-4-3-5-11(15)18/h10H,3-9H2,1-2H3,(H2,15,18)(H,16,21)(H,19,20). The molecule has 120 valence electrons. The lowest BCUT2D eigenvalue weighted by atomic mass is 9.76. The van der Waals surface area contributed by atoms with Crippen molar-refractivity contribution in [3.8, 4) is 0 Å². The molecule has 1 aliphatic rings. The highest BCUT2D eigenvalue weighted by molar-refractivity contribution is 5.80. The van der Waals surface area contributed by atoms with Gasteiger partial charge in [-0.2, -0.15) is 0 Å². The molecule has 1 rings (SSSR count). The number of carbonyl (C=O) groups is 3. The van der Waals surface area contributed by atoms with E-state index in [0.717, 1.165) is 0 Å². The molecule has 0 aliphatic carbocycles. The van der Waals surface area contributed by atoms with Gasteiger partial charge in [-0.1, -0.05) is 13.8 Å². The van der Waals surface area contributed by atoms with Crippen molar-refractivity contribution in [1.82, 2.24) is 10.2 Å². The minimum Gasteiger partial charge on any atom is -0.481 e. The Morgan fingerprint density at radius 3 is 2.48 bits per heavy atom.